The van der Waals surface area contributed by atoms with Crippen LogP contribution in [0.3, 0.4) is 0 Å². The van der Waals surface area contributed by atoms with E-state index in [0.717, 1.165) is 30.9 Å². The zero-order valence-corrected chi connectivity index (χ0v) is 12.6. The van der Waals surface area contributed by atoms with Gasteiger partial charge in [-0.3, -0.25) is 4.90 Å². The standard InChI is InChI=1S/C16H22N4O/c1-16(2)11-20(9-8-13(16)17)10-14-18-15(21-19-14)12-6-4-3-5-7-12/h3-7,13H,8-11,17H2,1-2H3. The number of nitrogens with zero attached hydrogens (tertiary/aromatic N) is 3. The van der Waals surface area contributed by atoms with Crippen molar-refractivity contribution in [3.05, 3.63) is 36.2 Å². The van der Waals surface area contributed by atoms with Crippen LogP contribution in [0.15, 0.2) is 34.9 Å². The second-order valence-corrected chi connectivity index (χ2v) is 6.48. The highest BCUT2D eigenvalue weighted by Crippen LogP contribution is 2.28. The van der Waals surface area contributed by atoms with Crippen LogP contribution in [0.5, 0.6) is 0 Å². The number of benzene rings is 1. The number of piperidine rings is 1. The molecular weight excluding hydrogens is 264 g/mol. The highest BCUT2D eigenvalue weighted by Gasteiger charge is 2.33. The number of likely N-dealkylation sites (tertiary alicyclic amines) is 1. The highest BCUT2D eigenvalue weighted by molar-refractivity contribution is 5.51. The molecule has 5 nitrogen and oxygen atoms in total. The molecule has 1 fully saturated rings. The van der Waals surface area contributed by atoms with Gasteiger partial charge in [-0.25, -0.2) is 0 Å². The highest BCUT2D eigenvalue weighted by atomic mass is 16.5. The van der Waals surface area contributed by atoms with Crippen molar-refractivity contribution in [2.24, 2.45) is 11.1 Å². The Kier molecular flexibility index (Phi) is 3.78. The van der Waals surface area contributed by atoms with Gasteiger partial charge in [0, 0.05) is 24.7 Å². The van der Waals surface area contributed by atoms with Crippen LogP contribution in [0.2, 0.25) is 0 Å². The van der Waals surface area contributed by atoms with Crippen molar-refractivity contribution in [2.75, 3.05) is 13.1 Å². The van der Waals surface area contributed by atoms with E-state index < -0.39 is 0 Å². The van der Waals surface area contributed by atoms with E-state index in [0.29, 0.717) is 12.4 Å². The lowest BCUT2D eigenvalue weighted by atomic mass is 9.80. The molecule has 1 atom stereocenters. The van der Waals surface area contributed by atoms with Crippen LogP contribution in [0.25, 0.3) is 11.5 Å². The average Bonchev–Trinajstić information content (AvgIpc) is 2.92. The molecule has 0 aliphatic carbocycles. The molecule has 1 aliphatic heterocycles. The summed E-state index contributed by atoms with van der Waals surface area (Å²) in [7, 11) is 0. The fourth-order valence-corrected chi connectivity index (χ4v) is 2.84. The van der Waals surface area contributed by atoms with E-state index in [2.05, 4.69) is 28.9 Å². The third-order valence-electron chi connectivity index (χ3n) is 4.25. The van der Waals surface area contributed by atoms with Gasteiger partial charge in [-0.1, -0.05) is 37.2 Å². The van der Waals surface area contributed by atoms with E-state index >= 15 is 0 Å². The van der Waals surface area contributed by atoms with Gasteiger partial charge < -0.3 is 10.3 Å². The van der Waals surface area contributed by atoms with Gasteiger partial charge in [-0.05, 0) is 24.0 Å². The smallest absolute Gasteiger partial charge is 0.257 e. The van der Waals surface area contributed by atoms with Crippen molar-refractivity contribution in [2.45, 2.75) is 32.9 Å². The van der Waals surface area contributed by atoms with Crippen LogP contribution in [0, 0.1) is 5.41 Å². The van der Waals surface area contributed by atoms with Crippen molar-refractivity contribution in [1.82, 2.24) is 15.0 Å². The molecule has 1 saturated heterocycles. The topological polar surface area (TPSA) is 68.2 Å². The SMILES string of the molecule is CC1(C)CN(Cc2noc(-c3ccccc3)n2)CCC1N. The van der Waals surface area contributed by atoms with E-state index in [9.17, 15) is 0 Å². The first-order valence-electron chi connectivity index (χ1n) is 7.40. The van der Waals surface area contributed by atoms with Gasteiger partial charge in [-0.15, -0.1) is 0 Å². The predicted octanol–water partition coefficient (Wildman–Crippen LogP) is 2.30. The Morgan fingerprint density at radius 1 is 1.33 bits per heavy atom. The maximum absolute atomic E-state index is 6.17. The summed E-state index contributed by atoms with van der Waals surface area (Å²) in [5, 5.41) is 4.09. The fourth-order valence-electron chi connectivity index (χ4n) is 2.84. The van der Waals surface area contributed by atoms with E-state index in [1.54, 1.807) is 0 Å². The number of nitrogens with two attached hydrogens (primary N) is 1. The largest absolute Gasteiger partial charge is 0.334 e. The first kappa shape index (κ1) is 14.2. The molecule has 3 rings (SSSR count). The monoisotopic (exact) mass is 286 g/mol. The summed E-state index contributed by atoms with van der Waals surface area (Å²) >= 11 is 0. The normalized spacial score (nSPS) is 22.3. The Balaban J connectivity index is 1.68. The molecule has 0 amide bonds. The summed E-state index contributed by atoms with van der Waals surface area (Å²) in [5.41, 5.74) is 7.26. The minimum atomic E-state index is 0.129. The second kappa shape index (κ2) is 5.58. The van der Waals surface area contributed by atoms with E-state index in [1.165, 1.54) is 0 Å². The first-order chi connectivity index (χ1) is 10.0. The second-order valence-electron chi connectivity index (χ2n) is 6.48. The number of rotatable bonds is 3. The summed E-state index contributed by atoms with van der Waals surface area (Å²) in [6.45, 7) is 7.10. The molecular formula is C16H22N4O. The lowest BCUT2D eigenvalue weighted by Crippen LogP contribution is -2.52. The molecule has 2 aromatic rings. The average molecular weight is 286 g/mol. The Morgan fingerprint density at radius 3 is 2.81 bits per heavy atom. The van der Waals surface area contributed by atoms with Crippen LogP contribution >= 0.6 is 0 Å². The number of hydrogen-bond acceptors (Lipinski definition) is 5. The first-order valence-corrected chi connectivity index (χ1v) is 7.40. The Labute approximate surface area is 125 Å². The van der Waals surface area contributed by atoms with Crippen LogP contribution in [-0.2, 0) is 6.54 Å². The van der Waals surface area contributed by atoms with Gasteiger partial charge in [0.25, 0.3) is 5.89 Å². The fraction of sp³-hybridized carbons (Fsp3) is 0.500. The lowest BCUT2D eigenvalue weighted by molar-refractivity contribution is 0.0872. The van der Waals surface area contributed by atoms with Gasteiger partial charge in [-0.2, -0.15) is 4.98 Å². The van der Waals surface area contributed by atoms with Crippen molar-refractivity contribution in [3.8, 4) is 11.5 Å². The number of aromatic nitrogens is 2. The molecule has 1 aromatic carbocycles. The van der Waals surface area contributed by atoms with Gasteiger partial charge in [0.1, 0.15) is 0 Å². The van der Waals surface area contributed by atoms with E-state index in [1.807, 2.05) is 30.3 Å². The maximum Gasteiger partial charge on any atom is 0.257 e. The Bertz CT molecular complexity index is 593. The third-order valence-corrected chi connectivity index (χ3v) is 4.25. The predicted molar refractivity (Wildman–Crippen MR) is 81.4 cm³/mol. The number of hydrogen-bond donors (Lipinski definition) is 1. The molecule has 1 unspecified atom stereocenters. The summed E-state index contributed by atoms with van der Waals surface area (Å²) in [5.74, 6) is 1.32. The minimum absolute atomic E-state index is 0.129. The van der Waals surface area contributed by atoms with Crippen molar-refractivity contribution < 1.29 is 4.52 Å². The van der Waals surface area contributed by atoms with Gasteiger partial charge >= 0.3 is 0 Å². The summed E-state index contributed by atoms with van der Waals surface area (Å²) in [6.07, 6.45) is 1.01. The molecule has 1 aliphatic rings. The molecule has 0 radical (unpaired) electrons. The summed E-state index contributed by atoms with van der Waals surface area (Å²) in [6, 6.07) is 10.1. The molecule has 1 aromatic heterocycles. The maximum atomic E-state index is 6.17. The molecule has 0 bridgehead atoms. The van der Waals surface area contributed by atoms with Crippen molar-refractivity contribution >= 4 is 0 Å². The minimum Gasteiger partial charge on any atom is -0.334 e. The molecule has 112 valence electrons. The van der Waals surface area contributed by atoms with Gasteiger partial charge in [0.2, 0.25) is 0 Å². The van der Waals surface area contributed by atoms with Crippen LogP contribution < -0.4 is 5.73 Å². The van der Waals surface area contributed by atoms with E-state index in [4.69, 9.17) is 10.3 Å². The van der Waals surface area contributed by atoms with Crippen molar-refractivity contribution in [1.29, 1.82) is 0 Å². The lowest BCUT2D eigenvalue weighted by Gasteiger charge is -2.42. The quantitative estimate of drug-likeness (QED) is 0.937. The van der Waals surface area contributed by atoms with Crippen LogP contribution in [0.4, 0.5) is 0 Å². The molecule has 2 N–H and O–H groups in total. The molecule has 5 heteroatoms. The molecule has 0 spiro atoms. The molecule has 21 heavy (non-hydrogen) atoms. The zero-order chi connectivity index (χ0) is 14.9. The molecule has 0 saturated carbocycles. The summed E-state index contributed by atoms with van der Waals surface area (Å²) < 4.78 is 5.35. The third kappa shape index (κ3) is 3.14. The summed E-state index contributed by atoms with van der Waals surface area (Å²) in [4.78, 5) is 6.84. The molecule has 2 heterocycles. The Hall–Kier alpha value is -1.72. The van der Waals surface area contributed by atoms with Crippen LogP contribution in [-0.4, -0.2) is 34.2 Å². The van der Waals surface area contributed by atoms with Crippen molar-refractivity contribution in [3.63, 3.8) is 0 Å². The van der Waals surface area contributed by atoms with Gasteiger partial charge in [0.05, 0.1) is 6.54 Å². The zero-order valence-electron chi connectivity index (χ0n) is 12.6. The van der Waals surface area contributed by atoms with Crippen LogP contribution in [0.1, 0.15) is 26.1 Å². The van der Waals surface area contributed by atoms with E-state index in [-0.39, 0.29) is 11.5 Å². The van der Waals surface area contributed by atoms with Gasteiger partial charge in [0.15, 0.2) is 5.82 Å². The Morgan fingerprint density at radius 2 is 2.10 bits per heavy atom.